The van der Waals surface area contributed by atoms with Gasteiger partial charge in [0.2, 0.25) is 5.91 Å². The maximum absolute atomic E-state index is 13.7. The lowest BCUT2D eigenvalue weighted by Crippen LogP contribution is -2.28. The van der Waals surface area contributed by atoms with Gasteiger partial charge in [-0.15, -0.1) is 0 Å². The van der Waals surface area contributed by atoms with Crippen LogP contribution in [0.2, 0.25) is 0 Å². The summed E-state index contributed by atoms with van der Waals surface area (Å²) in [6, 6.07) is 18.8. The van der Waals surface area contributed by atoms with Crippen molar-refractivity contribution in [3.8, 4) is 0 Å². The van der Waals surface area contributed by atoms with Crippen molar-refractivity contribution in [2.75, 3.05) is 26.4 Å². The molecule has 1 aliphatic heterocycles. The lowest BCUT2D eigenvalue weighted by molar-refractivity contribution is -0.121. The van der Waals surface area contributed by atoms with Gasteiger partial charge in [0.25, 0.3) is 0 Å². The molecule has 0 bridgehead atoms. The number of rotatable bonds is 10. The number of halogens is 2. The molecule has 190 valence electrons. The molecule has 0 fully saturated rings. The van der Waals surface area contributed by atoms with Crippen molar-refractivity contribution in [1.82, 2.24) is 10.2 Å². The van der Waals surface area contributed by atoms with Crippen LogP contribution >= 0.6 is 22.6 Å². The fraction of sp³-hybridized carbons (Fsp3) is 0.345. The summed E-state index contributed by atoms with van der Waals surface area (Å²) in [4.78, 5) is 14.6. The molecular formula is C29H33FIN3O2. The molecule has 4 rings (SSSR count). The van der Waals surface area contributed by atoms with Gasteiger partial charge in [0.15, 0.2) is 0 Å². The lowest BCUT2D eigenvalue weighted by atomic mass is 9.81. The summed E-state index contributed by atoms with van der Waals surface area (Å²) < 4.78 is 21.1. The van der Waals surface area contributed by atoms with Gasteiger partial charge in [-0.2, -0.15) is 0 Å². The van der Waals surface area contributed by atoms with Crippen LogP contribution in [0.15, 0.2) is 60.7 Å². The van der Waals surface area contributed by atoms with E-state index in [0.29, 0.717) is 26.0 Å². The van der Waals surface area contributed by atoms with Crippen LogP contribution in [-0.2, 0) is 34.7 Å². The van der Waals surface area contributed by atoms with E-state index in [4.69, 9.17) is 10.5 Å². The van der Waals surface area contributed by atoms with Crippen molar-refractivity contribution >= 4 is 34.2 Å². The van der Waals surface area contributed by atoms with Gasteiger partial charge in [0, 0.05) is 22.2 Å². The predicted octanol–water partition coefficient (Wildman–Crippen LogP) is 5.38. The third-order valence-electron chi connectivity index (χ3n) is 6.72. The topological polar surface area (TPSA) is 67.6 Å². The van der Waals surface area contributed by atoms with Gasteiger partial charge >= 0.3 is 0 Å². The third kappa shape index (κ3) is 6.25. The number of nitrogens with one attached hydrogen (secondary N) is 1. The minimum atomic E-state index is -0.586. The highest BCUT2D eigenvalue weighted by Gasteiger charge is 2.41. The SMILES string of the molecule is CN(C)CCC[C@@]1(c2ccc(F)cc2)OCc2cc(CNC(=O)CCc3ccc(N)c(I)c3)ccc21. The molecule has 3 aromatic carbocycles. The second-order valence-corrected chi connectivity index (χ2v) is 10.8. The Hall–Kier alpha value is -2.49. The van der Waals surface area contributed by atoms with E-state index in [1.165, 1.54) is 12.1 Å². The molecule has 1 amide bonds. The highest BCUT2D eigenvalue weighted by Crippen LogP contribution is 2.45. The average Bonchev–Trinajstić information content (AvgIpc) is 3.22. The molecule has 3 N–H and O–H groups in total. The molecule has 0 unspecified atom stereocenters. The number of carbonyl (C=O) groups excluding carboxylic acids is 1. The Labute approximate surface area is 226 Å². The number of nitrogens with two attached hydrogens (primary N) is 1. The zero-order valence-electron chi connectivity index (χ0n) is 20.8. The maximum atomic E-state index is 13.7. The number of nitrogens with zero attached hydrogens (tertiary/aromatic N) is 1. The summed E-state index contributed by atoms with van der Waals surface area (Å²) >= 11 is 2.21. The van der Waals surface area contributed by atoms with E-state index >= 15 is 0 Å². The monoisotopic (exact) mass is 601 g/mol. The second-order valence-electron chi connectivity index (χ2n) is 9.65. The summed E-state index contributed by atoms with van der Waals surface area (Å²) in [5.41, 5.74) is 11.4. The van der Waals surface area contributed by atoms with Crippen LogP contribution in [0.4, 0.5) is 10.1 Å². The van der Waals surface area contributed by atoms with Gasteiger partial charge in [-0.3, -0.25) is 4.79 Å². The number of hydrogen-bond acceptors (Lipinski definition) is 4. The number of aryl methyl sites for hydroxylation is 1. The molecule has 0 spiro atoms. The van der Waals surface area contributed by atoms with Gasteiger partial charge in [-0.1, -0.05) is 36.4 Å². The summed E-state index contributed by atoms with van der Waals surface area (Å²) in [6.45, 7) is 1.91. The Kier molecular flexibility index (Phi) is 8.64. The molecule has 1 atom stereocenters. The average molecular weight is 602 g/mol. The van der Waals surface area contributed by atoms with Crippen LogP contribution in [-0.4, -0.2) is 31.4 Å². The van der Waals surface area contributed by atoms with Crippen molar-refractivity contribution < 1.29 is 13.9 Å². The van der Waals surface area contributed by atoms with E-state index in [0.717, 1.165) is 56.5 Å². The zero-order valence-corrected chi connectivity index (χ0v) is 23.0. The van der Waals surface area contributed by atoms with Crippen molar-refractivity contribution in [2.45, 2.75) is 44.4 Å². The van der Waals surface area contributed by atoms with Crippen molar-refractivity contribution in [3.05, 3.63) is 97.9 Å². The molecule has 1 heterocycles. The van der Waals surface area contributed by atoms with Gasteiger partial charge < -0.3 is 20.7 Å². The highest BCUT2D eigenvalue weighted by molar-refractivity contribution is 14.1. The summed E-state index contributed by atoms with van der Waals surface area (Å²) in [5, 5.41) is 3.04. The molecular weight excluding hydrogens is 568 g/mol. The molecule has 7 heteroatoms. The van der Waals surface area contributed by atoms with E-state index < -0.39 is 5.60 Å². The molecule has 3 aromatic rings. The number of anilines is 1. The van der Waals surface area contributed by atoms with Crippen molar-refractivity contribution in [2.24, 2.45) is 0 Å². The predicted molar refractivity (Wildman–Crippen MR) is 150 cm³/mol. The second kappa shape index (κ2) is 11.7. The Morgan fingerprint density at radius 1 is 1.11 bits per heavy atom. The van der Waals surface area contributed by atoms with Crippen LogP contribution in [0.5, 0.6) is 0 Å². The van der Waals surface area contributed by atoms with Crippen molar-refractivity contribution in [1.29, 1.82) is 0 Å². The first kappa shape index (κ1) is 26.6. The minimum absolute atomic E-state index is 0.0166. The van der Waals surface area contributed by atoms with E-state index in [-0.39, 0.29) is 11.7 Å². The molecule has 5 nitrogen and oxygen atoms in total. The largest absolute Gasteiger partial charge is 0.398 e. The molecule has 1 aliphatic rings. The number of ether oxygens (including phenoxy) is 1. The van der Waals surface area contributed by atoms with Crippen LogP contribution in [0.1, 0.15) is 47.1 Å². The quantitative estimate of drug-likeness (QED) is 0.242. The van der Waals surface area contributed by atoms with Crippen molar-refractivity contribution in [3.63, 3.8) is 0 Å². The Morgan fingerprint density at radius 2 is 1.86 bits per heavy atom. The summed E-state index contributed by atoms with van der Waals surface area (Å²) in [7, 11) is 4.12. The van der Waals surface area contributed by atoms with Gasteiger partial charge in [-0.25, -0.2) is 4.39 Å². The number of nitrogen functional groups attached to an aromatic ring is 1. The standard InChI is InChI=1S/C29H33FIN3O2/c1-34(2)15-3-14-29(23-7-9-24(30)10-8-23)25-11-4-21(16-22(25)19-36-29)18-33-28(35)13-6-20-5-12-27(32)26(31)17-20/h4-5,7-12,16-17H,3,6,13-15,18-19,32H2,1-2H3,(H,33,35)/t29-/m0/s1. The third-order valence-corrected chi connectivity index (χ3v) is 7.65. The zero-order chi connectivity index (χ0) is 25.7. The maximum Gasteiger partial charge on any atom is 0.220 e. The van der Waals surface area contributed by atoms with E-state index in [2.05, 4.69) is 65.1 Å². The molecule has 0 saturated carbocycles. The van der Waals surface area contributed by atoms with Crippen LogP contribution < -0.4 is 11.1 Å². The Balaban J connectivity index is 1.43. The van der Waals surface area contributed by atoms with Crippen LogP contribution in [0.3, 0.4) is 0 Å². The minimum Gasteiger partial charge on any atom is -0.398 e. The number of hydrogen-bond donors (Lipinski definition) is 2. The van der Waals surface area contributed by atoms with Gasteiger partial charge in [-0.05, 0) is 115 Å². The first-order valence-corrected chi connectivity index (χ1v) is 13.3. The number of amides is 1. The molecule has 0 aliphatic carbocycles. The van der Waals surface area contributed by atoms with E-state index in [1.54, 1.807) is 0 Å². The summed E-state index contributed by atoms with van der Waals surface area (Å²) in [6.07, 6.45) is 2.86. The van der Waals surface area contributed by atoms with Gasteiger partial charge in [0.05, 0.1) is 6.61 Å². The molecule has 0 saturated heterocycles. The first-order chi connectivity index (χ1) is 17.3. The molecule has 36 heavy (non-hydrogen) atoms. The highest BCUT2D eigenvalue weighted by atomic mass is 127. The normalized spacial score (nSPS) is 16.8. The molecule has 0 aromatic heterocycles. The lowest BCUT2D eigenvalue weighted by Gasteiger charge is -2.31. The molecule has 0 radical (unpaired) electrons. The Bertz CT molecular complexity index is 1220. The van der Waals surface area contributed by atoms with E-state index in [1.807, 2.05) is 30.3 Å². The fourth-order valence-electron chi connectivity index (χ4n) is 4.78. The number of benzene rings is 3. The number of carbonyl (C=O) groups is 1. The Morgan fingerprint density at radius 3 is 2.58 bits per heavy atom. The van der Waals surface area contributed by atoms with Crippen LogP contribution in [0, 0.1) is 9.39 Å². The first-order valence-electron chi connectivity index (χ1n) is 12.2. The number of fused-ring (bicyclic) bond motifs is 1. The fourth-order valence-corrected chi connectivity index (χ4v) is 5.36. The van der Waals surface area contributed by atoms with Gasteiger partial charge in [0.1, 0.15) is 11.4 Å². The summed E-state index contributed by atoms with van der Waals surface area (Å²) in [5.74, 6) is -0.236. The van der Waals surface area contributed by atoms with Crippen LogP contribution in [0.25, 0.3) is 0 Å². The van der Waals surface area contributed by atoms with E-state index in [9.17, 15) is 9.18 Å². The smallest absolute Gasteiger partial charge is 0.220 e.